The van der Waals surface area contributed by atoms with Crippen molar-refractivity contribution in [2.24, 2.45) is 12.8 Å². The molecule has 2 atom stereocenters. The Labute approximate surface area is 250 Å². The van der Waals surface area contributed by atoms with Crippen LogP contribution in [0.1, 0.15) is 18.3 Å². The van der Waals surface area contributed by atoms with Gasteiger partial charge in [-0.1, -0.05) is 12.1 Å². The summed E-state index contributed by atoms with van der Waals surface area (Å²) in [4.78, 5) is 32.2. The number of nitrogens with zero attached hydrogens (tertiary/aromatic N) is 3. The molecule has 1 heterocycles. The van der Waals surface area contributed by atoms with Crippen LogP contribution in [-0.2, 0) is 34.2 Å². The summed E-state index contributed by atoms with van der Waals surface area (Å²) in [5, 5.41) is 2.69. The molecule has 3 N–H and O–H groups in total. The minimum atomic E-state index is -0.957. The van der Waals surface area contributed by atoms with E-state index in [4.69, 9.17) is 38.7 Å². The summed E-state index contributed by atoms with van der Waals surface area (Å²) in [5.41, 5.74) is 9.52. The number of fused-ring (bicyclic) bond motifs is 1. The highest BCUT2D eigenvalue weighted by Crippen LogP contribution is 2.23. The first kappa shape index (κ1) is 34.7. The Morgan fingerprint density at radius 3 is 2.33 bits per heavy atom. The SMILES string of the molecule is CCOC(=O)[C@H](Cc1ccc(F)cc1)NC(=O)[C@@H](N)Cc1nc2cc(N(CCCl)CCCl)ccc2n1C.Cl.Cl. The Morgan fingerprint density at radius 1 is 1.10 bits per heavy atom. The molecule has 0 saturated carbocycles. The van der Waals surface area contributed by atoms with Gasteiger partial charge in [0.25, 0.3) is 0 Å². The molecule has 0 fully saturated rings. The number of nitrogens with two attached hydrogens (primary N) is 1. The molecule has 0 spiro atoms. The van der Waals surface area contributed by atoms with Crippen molar-refractivity contribution in [1.82, 2.24) is 14.9 Å². The highest BCUT2D eigenvalue weighted by atomic mass is 35.5. The second-order valence-corrected chi connectivity index (χ2v) is 9.34. The van der Waals surface area contributed by atoms with Crippen LogP contribution in [0.3, 0.4) is 0 Å². The number of halogens is 5. The summed E-state index contributed by atoms with van der Waals surface area (Å²) >= 11 is 11.9. The molecule has 0 unspecified atom stereocenters. The van der Waals surface area contributed by atoms with Gasteiger partial charge in [0.15, 0.2) is 0 Å². The van der Waals surface area contributed by atoms with Gasteiger partial charge in [0.1, 0.15) is 17.7 Å². The van der Waals surface area contributed by atoms with Crippen molar-refractivity contribution >= 4 is 76.6 Å². The minimum Gasteiger partial charge on any atom is -0.464 e. The number of alkyl halides is 2. The molecule has 1 amide bonds. The standard InChI is InChI=1S/C26H32Cl2FN5O3.2ClH/c1-3-37-26(36)22(14-17-4-6-18(29)7-5-17)32-25(35)20(30)16-24-31-21-15-19(8-9-23(21)33(24)2)34(12-10-27)13-11-28;;/h4-9,15,20,22H,3,10-14,16,30H2,1-2H3,(H,32,35);2*1H/t20-,22-;;/m0../s1. The molecule has 0 radical (unpaired) electrons. The lowest BCUT2D eigenvalue weighted by molar-refractivity contribution is -0.147. The van der Waals surface area contributed by atoms with Crippen LogP contribution in [0.2, 0.25) is 0 Å². The van der Waals surface area contributed by atoms with Gasteiger partial charge in [-0.3, -0.25) is 4.79 Å². The second-order valence-electron chi connectivity index (χ2n) is 8.58. The maximum absolute atomic E-state index is 13.3. The fraction of sp³-hybridized carbons (Fsp3) is 0.423. The highest BCUT2D eigenvalue weighted by molar-refractivity contribution is 6.18. The van der Waals surface area contributed by atoms with E-state index in [1.807, 2.05) is 29.8 Å². The average molecular weight is 625 g/mol. The topological polar surface area (TPSA) is 102 Å². The Bertz CT molecular complexity index is 1210. The van der Waals surface area contributed by atoms with Crippen LogP contribution in [0.25, 0.3) is 11.0 Å². The average Bonchev–Trinajstić information content (AvgIpc) is 3.19. The smallest absolute Gasteiger partial charge is 0.328 e. The van der Waals surface area contributed by atoms with Gasteiger partial charge in [0, 0.05) is 50.4 Å². The van der Waals surface area contributed by atoms with Gasteiger partial charge in [-0.15, -0.1) is 48.0 Å². The number of hydrogen-bond acceptors (Lipinski definition) is 6. The number of aryl methyl sites for hydroxylation is 1. The quantitative estimate of drug-likeness (QED) is 0.220. The van der Waals surface area contributed by atoms with Crippen LogP contribution >= 0.6 is 48.0 Å². The van der Waals surface area contributed by atoms with Gasteiger partial charge >= 0.3 is 5.97 Å². The van der Waals surface area contributed by atoms with E-state index in [9.17, 15) is 14.0 Å². The van der Waals surface area contributed by atoms with E-state index in [-0.39, 0.29) is 50.1 Å². The number of carbonyl (C=O) groups excluding carboxylic acids is 2. The van der Waals surface area contributed by atoms with E-state index in [1.54, 1.807) is 19.1 Å². The van der Waals surface area contributed by atoms with E-state index in [0.717, 1.165) is 16.7 Å². The van der Waals surface area contributed by atoms with Crippen LogP contribution in [0, 0.1) is 5.82 Å². The normalized spacial score (nSPS) is 12.2. The highest BCUT2D eigenvalue weighted by Gasteiger charge is 2.26. The molecule has 216 valence electrons. The van der Waals surface area contributed by atoms with Gasteiger partial charge in [0.2, 0.25) is 5.91 Å². The van der Waals surface area contributed by atoms with Gasteiger partial charge in [0.05, 0.1) is 23.7 Å². The summed E-state index contributed by atoms with van der Waals surface area (Å²) in [7, 11) is 1.86. The number of amides is 1. The van der Waals surface area contributed by atoms with Crippen LogP contribution < -0.4 is 16.0 Å². The summed E-state index contributed by atoms with van der Waals surface area (Å²) < 4.78 is 20.3. The van der Waals surface area contributed by atoms with Crippen LogP contribution in [-0.4, -0.2) is 65.0 Å². The molecule has 0 aliphatic rings. The number of anilines is 1. The molecule has 3 aromatic rings. The molecule has 0 aliphatic heterocycles. The van der Waals surface area contributed by atoms with Gasteiger partial charge in [-0.05, 0) is 42.8 Å². The first-order valence-electron chi connectivity index (χ1n) is 12.1. The summed E-state index contributed by atoms with van der Waals surface area (Å²) in [6.07, 6.45) is 0.305. The Balaban J connectivity index is 0.00000380. The third-order valence-corrected chi connectivity index (χ3v) is 6.35. The van der Waals surface area contributed by atoms with E-state index in [1.165, 1.54) is 12.1 Å². The predicted molar refractivity (Wildman–Crippen MR) is 159 cm³/mol. The number of esters is 1. The predicted octanol–water partition coefficient (Wildman–Crippen LogP) is 4.00. The van der Waals surface area contributed by atoms with E-state index in [0.29, 0.717) is 36.2 Å². The number of carbonyl (C=O) groups is 2. The molecule has 13 heteroatoms. The van der Waals surface area contributed by atoms with Crippen LogP contribution in [0.5, 0.6) is 0 Å². The van der Waals surface area contributed by atoms with Crippen molar-refractivity contribution < 1.29 is 18.7 Å². The number of aromatic nitrogens is 2. The molecular formula is C26H34Cl4FN5O3. The zero-order valence-corrected chi connectivity index (χ0v) is 24.9. The fourth-order valence-electron chi connectivity index (χ4n) is 4.05. The number of imidazole rings is 1. The molecule has 0 saturated heterocycles. The molecule has 0 aliphatic carbocycles. The molecule has 3 rings (SSSR count). The van der Waals surface area contributed by atoms with Crippen molar-refractivity contribution in [3.8, 4) is 0 Å². The maximum Gasteiger partial charge on any atom is 0.328 e. The zero-order valence-electron chi connectivity index (χ0n) is 21.7. The first-order chi connectivity index (χ1) is 17.8. The van der Waals surface area contributed by atoms with Crippen molar-refractivity contribution in [3.63, 3.8) is 0 Å². The van der Waals surface area contributed by atoms with Gasteiger partial charge < -0.3 is 25.3 Å². The Kier molecular flexibility index (Phi) is 14.9. The molecule has 2 aromatic carbocycles. The first-order valence-corrected chi connectivity index (χ1v) is 13.1. The number of benzene rings is 2. The van der Waals surface area contributed by atoms with Crippen molar-refractivity contribution in [2.75, 3.05) is 36.4 Å². The fourth-order valence-corrected chi connectivity index (χ4v) is 4.46. The Hall–Kier alpha value is -2.30. The molecular weight excluding hydrogens is 591 g/mol. The minimum absolute atomic E-state index is 0. The summed E-state index contributed by atoms with van der Waals surface area (Å²) in [6.45, 7) is 3.16. The van der Waals surface area contributed by atoms with Crippen molar-refractivity contribution in [1.29, 1.82) is 0 Å². The lowest BCUT2D eigenvalue weighted by atomic mass is 10.0. The van der Waals surface area contributed by atoms with Crippen LogP contribution in [0.15, 0.2) is 42.5 Å². The molecule has 8 nitrogen and oxygen atoms in total. The van der Waals surface area contributed by atoms with E-state index in [2.05, 4.69) is 10.2 Å². The number of nitrogens with one attached hydrogen (secondary N) is 1. The van der Waals surface area contributed by atoms with Gasteiger partial charge in [-0.2, -0.15) is 0 Å². The number of ether oxygens (including phenoxy) is 1. The second kappa shape index (κ2) is 16.7. The molecule has 0 bridgehead atoms. The van der Waals surface area contributed by atoms with E-state index >= 15 is 0 Å². The summed E-state index contributed by atoms with van der Waals surface area (Å²) in [5.74, 6) is 0.0928. The van der Waals surface area contributed by atoms with Crippen molar-refractivity contribution in [3.05, 3.63) is 59.7 Å². The van der Waals surface area contributed by atoms with Crippen molar-refractivity contribution in [2.45, 2.75) is 31.8 Å². The van der Waals surface area contributed by atoms with Crippen LogP contribution in [0.4, 0.5) is 10.1 Å². The largest absolute Gasteiger partial charge is 0.464 e. The lowest BCUT2D eigenvalue weighted by Gasteiger charge is -2.22. The maximum atomic E-state index is 13.3. The third-order valence-electron chi connectivity index (χ3n) is 6.01. The lowest BCUT2D eigenvalue weighted by Crippen LogP contribution is -2.50. The Morgan fingerprint density at radius 2 is 1.74 bits per heavy atom. The monoisotopic (exact) mass is 623 g/mol. The van der Waals surface area contributed by atoms with Gasteiger partial charge in [-0.25, -0.2) is 14.2 Å². The number of hydrogen-bond donors (Lipinski definition) is 2. The molecule has 1 aromatic heterocycles. The van der Waals surface area contributed by atoms with E-state index < -0.39 is 24.0 Å². The third kappa shape index (κ3) is 9.39. The molecule has 39 heavy (non-hydrogen) atoms. The zero-order chi connectivity index (χ0) is 26.9. The summed E-state index contributed by atoms with van der Waals surface area (Å²) in [6, 6.07) is 9.71. The number of rotatable bonds is 13.